The summed E-state index contributed by atoms with van der Waals surface area (Å²) in [7, 11) is 1.77. The van der Waals surface area contributed by atoms with Crippen LogP contribution in [0, 0.1) is 5.41 Å². The fourth-order valence-electron chi connectivity index (χ4n) is 3.37. The lowest BCUT2D eigenvalue weighted by molar-refractivity contribution is -0.161. The van der Waals surface area contributed by atoms with Crippen molar-refractivity contribution < 1.29 is 9.59 Å². The van der Waals surface area contributed by atoms with E-state index in [0.717, 1.165) is 12.8 Å². The third-order valence-electron chi connectivity index (χ3n) is 4.79. The lowest BCUT2D eigenvalue weighted by Gasteiger charge is -2.47. The van der Waals surface area contributed by atoms with E-state index in [0.29, 0.717) is 25.9 Å². The van der Waals surface area contributed by atoms with E-state index in [1.54, 1.807) is 30.7 Å². The van der Waals surface area contributed by atoms with Crippen molar-refractivity contribution in [2.75, 3.05) is 20.1 Å². The van der Waals surface area contributed by atoms with E-state index >= 15 is 0 Å². The maximum Gasteiger partial charge on any atom is 0.247 e. The van der Waals surface area contributed by atoms with E-state index in [-0.39, 0.29) is 16.8 Å². The quantitative estimate of drug-likeness (QED) is 0.770. The number of likely N-dealkylation sites (N-methyl/N-ethyl adjacent to an activating group) is 1. The van der Waals surface area contributed by atoms with Crippen LogP contribution in [0.4, 0.5) is 0 Å². The summed E-state index contributed by atoms with van der Waals surface area (Å²) in [6.45, 7) is 4.69. The van der Waals surface area contributed by atoms with Gasteiger partial charge in [-0.25, -0.2) is 0 Å². The molecule has 2 rings (SSSR count). The zero-order chi connectivity index (χ0) is 15.1. The number of amides is 2. The summed E-state index contributed by atoms with van der Waals surface area (Å²) < 4.78 is 0. The highest BCUT2D eigenvalue weighted by Gasteiger charge is 2.52. The Morgan fingerprint density at radius 3 is 2.30 bits per heavy atom. The van der Waals surface area contributed by atoms with Crippen molar-refractivity contribution in [3.05, 3.63) is 0 Å². The van der Waals surface area contributed by atoms with Crippen molar-refractivity contribution in [2.24, 2.45) is 11.1 Å². The first kappa shape index (κ1) is 15.2. The summed E-state index contributed by atoms with van der Waals surface area (Å²) in [4.78, 5) is 29.0. The Morgan fingerprint density at radius 2 is 1.80 bits per heavy atom. The molecule has 0 aromatic heterocycles. The van der Waals surface area contributed by atoms with Gasteiger partial charge >= 0.3 is 0 Å². The number of piperazine rings is 1. The van der Waals surface area contributed by atoms with Crippen LogP contribution in [0.1, 0.15) is 39.5 Å². The fraction of sp³-hybridized carbons (Fsp3) is 0.786. The highest BCUT2D eigenvalue weighted by atomic mass is 32.1. The van der Waals surface area contributed by atoms with Gasteiger partial charge in [0, 0.05) is 20.1 Å². The maximum absolute atomic E-state index is 13.0. The molecule has 0 unspecified atom stereocenters. The molecule has 0 spiro atoms. The van der Waals surface area contributed by atoms with Crippen molar-refractivity contribution in [1.29, 1.82) is 0 Å². The lowest BCUT2D eigenvalue weighted by Crippen LogP contribution is -2.66. The monoisotopic (exact) mass is 297 g/mol. The first-order valence-electron chi connectivity index (χ1n) is 7.11. The van der Waals surface area contributed by atoms with Crippen LogP contribution in [-0.4, -0.2) is 52.3 Å². The molecule has 5 nitrogen and oxygen atoms in total. The van der Waals surface area contributed by atoms with Gasteiger partial charge in [-0.3, -0.25) is 9.59 Å². The number of nitrogens with zero attached hydrogens (tertiary/aromatic N) is 2. The molecule has 0 aromatic rings. The molecule has 2 N–H and O–H groups in total. The Morgan fingerprint density at radius 1 is 1.25 bits per heavy atom. The molecule has 1 saturated heterocycles. The Bertz CT molecular complexity index is 455. The molecular weight excluding hydrogens is 274 g/mol. The van der Waals surface area contributed by atoms with Gasteiger partial charge in [-0.1, -0.05) is 25.1 Å². The second kappa shape index (κ2) is 4.98. The molecule has 2 fully saturated rings. The molecule has 6 heteroatoms. The maximum atomic E-state index is 13.0. The topological polar surface area (TPSA) is 66.6 Å². The zero-order valence-corrected chi connectivity index (χ0v) is 13.3. The second-order valence-corrected chi connectivity index (χ2v) is 6.84. The van der Waals surface area contributed by atoms with Gasteiger partial charge in [-0.15, -0.1) is 0 Å². The molecule has 0 atom stereocenters. The van der Waals surface area contributed by atoms with Crippen LogP contribution in [-0.2, 0) is 9.59 Å². The second-order valence-electron chi connectivity index (χ2n) is 6.40. The van der Waals surface area contributed by atoms with E-state index in [1.165, 1.54) is 0 Å². The van der Waals surface area contributed by atoms with Gasteiger partial charge in [-0.05, 0) is 26.7 Å². The first-order chi connectivity index (χ1) is 9.23. The fourth-order valence-corrected chi connectivity index (χ4v) is 3.66. The number of nitrogens with two attached hydrogens (primary N) is 1. The summed E-state index contributed by atoms with van der Waals surface area (Å²) >= 11 is 5.18. The molecule has 2 amide bonds. The highest BCUT2D eigenvalue weighted by molar-refractivity contribution is 7.80. The number of thiocarbonyl (C=S) groups is 1. The number of carbonyl (C=O) groups is 2. The summed E-state index contributed by atoms with van der Waals surface area (Å²) in [5.41, 5.74) is 4.32. The molecule has 1 aliphatic heterocycles. The average molecular weight is 297 g/mol. The van der Waals surface area contributed by atoms with Gasteiger partial charge in [0.1, 0.15) is 5.54 Å². The van der Waals surface area contributed by atoms with Gasteiger partial charge in [0.05, 0.1) is 10.4 Å². The predicted molar refractivity (Wildman–Crippen MR) is 81.1 cm³/mol. The summed E-state index contributed by atoms with van der Waals surface area (Å²) in [6, 6.07) is 0. The smallest absolute Gasteiger partial charge is 0.247 e. The standard InChI is InChI=1S/C14H23N3O2S/c1-13(2)11(18)16(3)8-9-17(13)12(19)14(10(15)20)6-4-5-7-14/h4-9H2,1-3H3,(H2,15,20). The van der Waals surface area contributed by atoms with Gasteiger partial charge < -0.3 is 15.5 Å². The Labute approximate surface area is 125 Å². The van der Waals surface area contributed by atoms with Crippen molar-refractivity contribution in [2.45, 2.75) is 45.1 Å². The minimum Gasteiger partial charge on any atom is -0.392 e. The molecule has 0 aromatic carbocycles. The SMILES string of the molecule is CN1CCN(C(=O)C2(C(N)=S)CCCC2)C(C)(C)C1=O. The molecule has 112 valence electrons. The number of hydrogen-bond donors (Lipinski definition) is 1. The number of hydrogen-bond acceptors (Lipinski definition) is 3. The molecule has 20 heavy (non-hydrogen) atoms. The van der Waals surface area contributed by atoms with Crippen LogP contribution in [0.25, 0.3) is 0 Å². The van der Waals surface area contributed by atoms with E-state index in [2.05, 4.69) is 0 Å². The molecule has 0 bridgehead atoms. The Kier molecular flexibility index (Phi) is 3.79. The zero-order valence-electron chi connectivity index (χ0n) is 12.4. The van der Waals surface area contributed by atoms with Crippen LogP contribution >= 0.6 is 12.2 Å². The average Bonchev–Trinajstić information content (AvgIpc) is 2.86. The van der Waals surface area contributed by atoms with Crippen LogP contribution in [0.2, 0.25) is 0 Å². The Balaban J connectivity index is 2.33. The number of carbonyl (C=O) groups excluding carboxylic acids is 2. The molecule has 1 aliphatic carbocycles. The largest absolute Gasteiger partial charge is 0.392 e. The minimum atomic E-state index is -0.829. The predicted octanol–water partition coefficient (Wildman–Crippen LogP) is 0.912. The van der Waals surface area contributed by atoms with E-state index in [4.69, 9.17) is 18.0 Å². The van der Waals surface area contributed by atoms with Crippen molar-refractivity contribution in [3.63, 3.8) is 0 Å². The Hall–Kier alpha value is -1.17. The normalized spacial score (nSPS) is 24.9. The minimum absolute atomic E-state index is 0.0341. The van der Waals surface area contributed by atoms with Crippen LogP contribution in [0.3, 0.4) is 0 Å². The van der Waals surface area contributed by atoms with Crippen LogP contribution in [0.15, 0.2) is 0 Å². The summed E-state index contributed by atoms with van der Waals surface area (Å²) in [5, 5.41) is 0. The summed E-state index contributed by atoms with van der Waals surface area (Å²) in [5.74, 6) is -0.0952. The van der Waals surface area contributed by atoms with Crippen LogP contribution < -0.4 is 5.73 Å². The van der Waals surface area contributed by atoms with Crippen molar-refractivity contribution in [1.82, 2.24) is 9.80 Å². The summed E-state index contributed by atoms with van der Waals surface area (Å²) in [6.07, 6.45) is 3.34. The number of rotatable bonds is 2. The van der Waals surface area contributed by atoms with E-state index in [1.807, 2.05) is 0 Å². The van der Waals surface area contributed by atoms with E-state index < -0.39 is 11.0 Å². The van der Waals surface area contributed by atoms with Crippen molar-refractivity contribution >= 4 is 29.0 Å². The molecule has 2 aliphatic rings. The first-order valence-corrected chi connectivity index (χ1v) is 7.52. The van der Waals surface area contributed by atoms with Gasteiger partial charge in [0.15, 0.2) is 0 Å². The van der Waals surface area contributed by atoms with Gasteiger partial charge in [0.25, 0.3) is 0 Å². The van der Waals surface area contributed by atoms with E-state index in [9.17, 15) is 9.59 Å². The lowest BCUT2D eigenvalue weighted by atomic mass is 9.82. The molecule has 0 radical (unpaired) electrons. The van der Waals surface area contributed by atoms with Gasteiger partial charge in [-0.2, -0.15) is 0 Å². The third kappa shape index (κ3) is 2.10. The highest BCUT2D eigenvalue weighted by Crippen LogP contribution is 2.42. The third-order valence-corrected chi connectivity index (χ3v) is 5.18. The van der Waals surface area contributed by atoms with Gasteiger partial charge in [0.2, 0.25) is 11.8 Å². The molecule has 1 heterocycles. The molecule has 1 saturated carbocycles. The molecular formula is C14H23N3O2S. The van der Waals surface area contributed by atoms with Crippen molar-refractivity contribution in [3.8, 4) is 0 Å². The van der Waals surface area contributed by atoms with Crippen LogP contribution in [0.5, 0.6) is 0 Å².